The number of alkyl halides is 3. The molecule has 3 rings (SSSR count). The second kappa shape index (κ2) is 6.63. The minimum Gasteiger partial charge on any atom is -0.497 e. The smallest absolute Gasteiger partial charge is 0.453 e. The average Bonchev–Trinajstić information content (AvgIpc) is 3.07. The number of ether oxygens (including phenoxy) is 1. The largest absolute Gasteiger partial charge is 0.497 e. The van der Waals surface area contributed by atoms with Crippen LogP contribution in [0.1, 0.15) is 5.82 Å². The zero-order valence-corrected chi connectivity index (χ0v) is 14.4. The van der Waals surface area contributed by atoms with Crippen molar-refractivity contribution in [3.63, 3.8) is 0 Å². The Balaban J connectivity index is 2.17. The standard InChI is InChI=1S/C15H11F3N4O4S/c1-26-10-4-2-3-9(7-10)13-20-14(15(16,17)18)21-22(13)12-6-5-11(8-19-12)27(23,24)25/h2-8H,1H3,(H,23,24,25). The van der Waals surface area contributed by atoms with E-state index in [9.17, 15) is 21.6 Å². The first-order valence-corrected chi connectivity index (χ1v) is 8.66. The first-order chi connectivity index (χ1) is 12.6. The third kappa shape index (κ3) is 3.90. The van der Waals surface area contributed by atoms with Crippen molar-refractivity contribution in [3.8, 4) is 23.0 Å². The lowest BCUT2D eigenvalue weighted by molar-refractivity contribution is -0.144. The van der Waals surface area contributed by atoms with Gasteiger partial charge in [0.1, 0.15) is 10.6 Å². The molecular weight excluding hydrogens is 389 g/mol. The van der Waals surface area contributed by atoms with Gasteiger partial charge >= 0.3 is 6.18 Å². The van der Waals surface area contributed by atoms with Crippen LogP contribution in [0.2, 0.25) is 0 Å². The van der Waals surface area contributed by atoms with Crippen LogP contribution in [-0.2, 0) is 16.3 Å². The number of pyridine rings is 1. The fourth-order valence-electron chi connectivity index (χ4n) is 2.19. The molecule has 1 aromatic carbocycles. The number of nitrogens with zero attached hydrogens (tertiary/aromatic N) is 4. The number of halogens is 3. The summed E-state index contributed by atoms with van der Waals surface area (Å²) in [4.78, 5) is 6.79. The van der Waals surface area contributed by atoms with Crippen LogP contribution in [0.5, 0.6) is 5.75 Å². The van der Waals surface area contributed by atoms with Gasteiger partial charge < -0.3 is 4.74 Å². The Morgan fingerprint density at radius 1 is 1.19 bits per heavy atom. The highest BCUT2D eigenvalue weighted by Gasteiger charge is 2.37. The van der Waals surface area contributed by atoms with E-state index in [2.05, 4.69) is 15.1 Å². The Bertz CT molecular complexity index is 1080. The highest BCUT2D eigenvalue weighted by atomic mass is 32.2. The lowest BCUT2D eigenvalue weighted by Crippen LogP contribution is -2.09. The number of methoxy groups -OCH3 is 1. The summed E-state index contributed by atoms with van der Waals surface area (Å²) in [6.45, 7) is 0. The molecule has 0 aliphatic carbocycles. The summed E-state index contributed by atoms with van der Waals surface area (Å²) in [5, 5.41) is 3.44. The molecule has 0 fully saturated rings. The number of aromatic nitrogens is 4. The van der Waals surface area contributed by atoms with Crippen molar-refractivity contribution in [3.05, 3.63) is 48.4 Å². The Morgan fingerprint density at radius 3 is 2.48 bits per heavy atom. The minimum atomic E-state index is -4.80. The molecule has 142 valence electrons. The normalized spacial score (nSPS) is 12.2. The lowest BCUT2D eigenvalue weighted by atomic mass is 10.2. The predicted molar refractivity (Wildman–Crippen MR) is 86.0 cm³/mol. The molecule has 0 aliphatic heterocycles. The molecule has 0 saturated carbocycles. The Hall–Kier alpha value is -2.99. The molecule has 0 amide bonds. The van der Waals surface area contributed by atoms with Crippen LogP contribution < -0.4 is 4.74 Å². The number of benzene rings is 1. The molecule has 1 N–H and O–H groups in total. The van der Waals surface area contributed by atoms with Crippen molar-refractivity contribution in [2.24, 2.45) is 0 Å². The molecule has 27 heavy (non-hydrogen) atoms. The van der Waals surface area contributed by atoms with E-state index in [1.54, 1.807) is 12.1 Å². The van der Waals surface area contributed by atoms with Gasteiger partial charge in [-0.1, -0.05) is 12.1 Å². The van der Waals surface area contributed by atoms with Crippen molar-refractivity contribution < 1.29 is 30.9 Å². The number of hydrogen-bond acceptors (Lipinski definition) is 6. The van der Waals surface area contributed by atoms with E-state index in [1.165, 1.54) is 19.2 Å². The van der Waals surface area contributed by atoms with E-state index in [0.717, 1.165) is 23.0 Å². The molecule has 3 aromatic rings. The molecule has 8 nitrogen and oxygen atoms in total. The summed E-state index contributed by atoms with van der Waals surface area (Å²) < 4.78 is 76.3. The summed E-state index contributed by atoms with van der Waals surface area (Å²) in [6, 6.07) is 8.23. The van der Waals surface area contributed by atoms with E-state index < -0.39 is 27.0 Å². The second-order valence-corrected chi connectivity index (χ2v) is 6.65. The van der Waals surface area contributed by atoms with Gasteiger partial charge in [-0.3, -0.25) is 4.55 Å². The molecule has 0 atom stereocenters. The first-order valence-electron chi connectivity index (χ1n) is 7.22. The summed E-state index contributed by atoms with van der Waals surface area (Å²) in [5.74, 6) is -1.29. The van der Waals surface area contributed by atoms with Crippen molar-refractivity contribution >= 4 is 10.1 Å². The molecule has 0 aliphatic rings. The molecule has 0 radical (unpaired) electrons. The van der Waals surface area contributed by atoms with Gasteiger partial charge in [0.2, 0.25) is 0 Å². The van der Waals surface area contributed by atoms with E-state index in [-0.39, 0.29) is 17.2 Å². The third-order valence-corrected chi connectivity index (χ3v) is 4.26. The molecule has 0 spiro atoms. The van der Waals surface area contributed by atoms with Crippen LogP contribution in [-0.4, -0.2) is 39.8 Å². The SMILES string of the molecule is COc1cccc(-c2nc(C(F)(F)F)nn2-c2ccc(S(=O)(=O)O)cn2)c1. The molecule has 12 heteroatoms. The van der Waals surface area contributed by atoms with E-state index in [0.29, 0.717) is 5.75 Å². The fourth-order valence-corrected chi connectivity index (χ4v) is 2.62. The van der Waals surface area contributed by atoms with Crippen molar-refractivity contribution in [2.75, 3.05) is 7.11 Å². The third-order valence-electron chi connectivity index (χ3n) is 3.42. The quantitative estimate of drug-likeness (QED) is 0.671. The second-order valence-electron chi connectivity index (χ2n) is 5.23. The molecule has 0 unspecified atom stereocenters. The van der Waals surface area contributed by atoms with Crippen LogP contribution in [0.3, 0.4) is 0 Å². The summed E-state index contributed by atoms with van der Waals surface area (Å²) in [5.41, 5.74) is 0.276. The van der Waals surface area contributed by atoms with Gasteiger partial charge in [0, 0.05) is 5.56 Å². The summed E-state index contributed by atoms with van der Waals surface area (Å²) in [6.07, 6.45) is -4.00. The van der Waals surface area contributed by atoms with E-state index >= 15 is 0 Å². The van der Waals surface area contributed by atoms with Gasteiger partial charge in [-0.05, 0) is 24.3 Å². The van der Waals surface area contributed by atoms with Gasteiger partial charge in [0.15, 0.2) is 11.6 Å². The molecule has 2 heterocycles. The van der Waals surface area contributed by atoms with Gasteiger partial charge in [-0.2, -0.15) is 26.3 Å². The van der Waals surface area contributed by atoms with E-state index in [1.807, 2.05) is 0 Å². The highest BCUT2D eigenvalue weighted by molar-refractivity contribution is 7.85. The zero-order valence-electron chi connectivity index (χ0n) is 13.5. The van der Waals surface area contributed by atoms with Gasteiger partial charge in [-0.25, -0.2) is 9.97 Å². The Labute approximate surface area is 151 Å². The molecular formula is C15H11F3N4O4S. The Kier molecular flexibility index (Phi) is 4.61. The molecule has 0 bridgehead atoms. The van der Waals surface area contributed by atoms with Gasteiger partial charge in [0.25, 0.3) is 15.9 Å². The summed E-state index contributed by atoms with van der Waals surface area (Å²) in [7, 11) is -3.09. The van der Waals surface area contributed by atoms with Crippen LogP contribution >= 0.6 is 0 Å². The number of hydrogen-bond donors (Lipinski definition) is 1. The van der Waals surface area contributed by atoms with Crippen LogP contribution in [0.4, 0.5) is 13.2 Å². The van der Waals surface area contributed by atoms with Crippen LogP contribution in [0, 0.1) is 0 Å². The zero-order chi connectivity index (χ0) is 19.8. The maximum atomic E-state index is 13.1. The van der Waals surface area contributed by atoms with Crippen molar-refractivity contribution in [1.82, 2.24) is 19.7 Å². The van der Waals surface area contributed by atoms with Crippen LogP contribution in [0.15, 0.2) is 47.5 Å². The fraction of sp³-hybridized carbons (Fsp3) is 0.133. The molecule has 2 aromatic heterocycles. The monoisotopic (exact) mass is 400 g/mol. The molecule has 0 saturated heterocycles. The van der Waals surface area contributed by atoms with Crippen molar-refractivity contribution in [2.45, 2.75) is 11.1 Å². The van der Waals surface area contributed by atoms with Crippen molar-refractivity contribution in [1.29, 1.82) is 0 Å². The topological polar surface area (TPSA) is 107 Å². The predicted octanol–water partition coefficient (Wildman–Crippen LogP) is 2.60. The maximum Gasteiger partial charge on any atom is 0.453 e. The Morgan fingerprint density at radius 2 is 1.93 bits per heavy atom. The first kappa shape index (κ1) is 18.8. The summed E-state index contributed by atoms with van der Waals surface area (Å²) >= 11 is 0. The van der Waals surface area contributed by atoms with E-state index in [4.69, 9.17) is 9.29 Å². The number of rotatable bonds is 4. The lowest BCUT2D eigenvalue weighted by Gasteiger charge is -2.07. The minimum absolute atomic E-state index is 0.122. The highest BCUT2D eigenvalue weighted by Crippen LogP contribution is 2.31. The van der Waals surface area contributed by atoms with Gasteiger partial charge in [-0.15, -0.1) is 5.10 Å². The maximum absolute atomic E-state index is 13.1. The van der Waals surface area contributed by atoms with Crippen LogP contribution in [0.25, 0.3) is 17.2 Å². The average molecular weight is 400 g/mol. The van der Waals surface area contributed by atoms with Gasteiger partial charge in [0.05, 0.1) is 13.3 Å².